The summed E-state index contributed by atoms with van der Waals surface area (Å²) in [7, 11) is 0. The topological polar surface area (TPSA) is 53.2 Å². The van der Waals surface area contributed by atoms with Crippen LogP contribution in [0.3, 0.4) is 0 Å². The van der Waals surface area contributed by atoms with E-state index in [1.54, 1.807) is 0 Å². The first-order valence-electron chi connectivity index (χ1n) is 5.96. The van der Waals surface area contributed by atoms with Crippen molar-refractivity contribution < 1.29 is 4.79 Å². The molecule has 0 aromatic rings. The lowest BCUT2D eigenvalue weighted by Crippen LogP contribution is -2.43. The second-order valence-corrected chi connectivity index (χ2v) is 4.49. The number of nitrogens with one attached hydrogen (secondary N) is 3. The van der Waals surface area contributed by atoms with Gasteiger partial charge in [0.2, 0.25) is 0 Å². The van der Waals surface area contributed by atoms with Crippen LogP contribution in [-0.4, -0.2) is 31.2 Å². The van der Waals surface area contributed by atoms with Gasteiger partial charge in [0, 0.05) is 25.2 Å². The predicted octanol–water partition coefficient (Wildman–Crippen LogP) is 1.23. The van der Waals surface area contributed by atoms with Gasteiger partial charge >= 0.3 is 6.03 Å². The molecule has 0 heterocycles. The maximum atomic E-state index is 11.4. The van der Waals surface area contributed by atoms with Crippen LogP contribution in [-0.2, 0) is 0 Å². The minimum absolute atomic E-state index is 0.0209. The molecule has 88 valence electrons. The number of hydrogen-bond donors (Lipinski definition) is 3. The molecule has 0 saturated heterocycles. The number of urea groups is 1. The van der Waals surface area contributed by atoms with Gasteiger partial charge in [0.25, 0.3) is 0 Å². The van der Waals surface area contributed by atoms with Crippen LogP contribution in [0.1, 0.15) is 39.5 Å². The fourth-order valence-electron chi connectivity index (χ4n) is 1.84. The maximum absolute atomic E-state index is 11.4. The lowest BCUT2D eigenvalue weighted by atomic mass is 10.2. The van der Waals surface area contributed by atoms with Crippen molar-refractivity contribution in [3.63, 3.8) is 0 Å². The first-order valence-corrected chi connectivity index (χ1v) is 5.96. The normalized spacial score (nSPS) is 17.0. The second kappa shape index (κ2) is 6.67. The highest BCUT2D eigenvalue weighted by atomic mass is 16.2. The third kappa shape index (κ3) is 5.62. The van der Waals surface area contributed by atoms with E-state index in [2.05, 4.69) is 29.8 Å². The van der Waals surface area contributed by atoms with Gasteiger partial charge in [0.05, 0.1) is 0 Å². The molecular weight excluding hydrogens is 190 g/mol. The van der Waals surface area contributed by atoms with Crippen molar-refractivity contribution in [2.45, 2.75) is 51.6 Å². The van der Waals surface area contributed by atoms with Gasteiger partial charge < -0.3 is 16.0 Å². The molecule has 4 heteroatoms. The Labute approximate surface area is 92.2 Å². The van der Waals surface area contributed by atoms with Crippen LogP contribution in [0.4, 0.5) is 4.79 Å². The SMILES string of the molecule is CC(C)NCCNC(=O)NC1CCCC1. The van der Waals surface area contributed by atoms with Crippen LogP contribution in [0.15, 0.2) is 0 Å². The van der Waals surface area contributed by atoms with E-state index in [0.717, 1.165) is 19.4 Å². The summed E-state index contributed by atoms with van der Waals surface area (Å²) in [6.45, 7) is 5.71. The van der Waals surface area contributed by atoms with Gasteiger partial charge in [-0.1, -0.05) is 26.7 Å². The number of carbonyl (C=O) groups is 1. The Morgan fingerprint density at radius 3 is 2.53 bits per heavy atom. The Kier molecular flexibility index (Phi) is 5.47. The molecule has 1 fully saturated rings. The minimum atomic E-state index is -0.0209. The first-order chi connectivity index (χ1) is 7.18. The Balaban J connectivity index is 1.98. The van der Waals surface area contributed by atoms with Crippen molar-refractivity contribution in [2.75, 3.05) is 13.1 Å². The average Bonchev–Trinajstić information content (AvgIpc) is 2.64. The maximum Gasteiger partial charge on any atom is 0.315 e. The molecule has 0 radical (unpaired) electrons. The molecule has 4 nitrogen and oxygen atoms in total. The molecule has 3 N–H and O–H groups in total. The van der Waals surface area contributed by atoms with Crippen molar-refractivity contribution in [3.8, 4) is 0 Å². The van der Waals surface area contributed by atoms with Crippen molar-refractivity contribution in [3.05, 3.63) is 0 Å². The fraction of sp³-hybridized carbons (Fsp3) is 0.909. The molecule has 0 bridgehead atoms. The zero-order chi connectivity index (χ0) is 11.1. The van der Waals surface area contributed by atoms with Crippen LogP contribution < -0.4 is 16.0 Å². The molecule has 1 aliphatic carbocycles. The Morgan fingerprint density at radius 1 is 1.27 bits per heavy atom. The van der Waals surface area contributed by atoms with Crippen molar-refractivity contribution in [1.82, 2.24) is 16.0 Å². The van der Waals surface area contributed by atoms with Gasteiger partial charge in [0.15, 0.2) is 0 Å². The molecule has 2 amide bonds. The van der Waals surface area contributed by atoms with E-state index in [0.29, 0.717) is 18.6 Å². The minimum Gasteiger partial charge on any atom is -0.337 e. The summed E-state index contributed by atoms with van der Waals surface area (Å²) in [5.74, 6) is 0. The van der Waals surface area contributed by atoms with Gasteiger partial charge in [-0.05, 0) is 12.8 Å². The molecule has 0 atom stereocenters. The zero-order valence-electron chi connectivity index (χ0n) is 9.81. The summed E-state index contributed by atoms with van der Waals surface area (Å²) in [4.78, 5) is 11.4. The predicted molar refractivity (Wildman–Crippen MR) is 61.9 cm³/mol. The van der Waals surface area contributed by atoms with Crippen LogP contribution in [0, 0.1) is 0 Å². The van der Waals surface area contributed by atoms with E-state index in [9.17, 15) is 4.79 Å². The molecule has 15 heavy (non-hydrogen) atoms. The van der Waals surface area contributed by atoms with Crippen molar-refractivity contribution in [1.29, 1.82) is 0 Å². The van der Waals surface area contributed by atoms with Crippen LogP contribution in [0.5, 0.6) is 0 Å². The highest BCUT2D eigenvalue weighted by Crippen LogP contribution is 2.17. The fourth-order valence-corrected chi connectivity index (χ4v) is 1.84. The number of amides is 2. The Bertz CT molecular complexity index is 188. The average molecular weight is 213 g/mol. The summed E-state index contributed by atoms with van der Waals surface area (Å²) in [6.07, 6.45) is 4.77. The van der Waals surface area contributed by atoms with Crippen LogP contribution >= 0.6 is 0 Å². The highest BCUT2D eigenvalue weighted by Gasteiger charge is 2.16. The van der Waals surface area contributed by atoms with Gasteiger partial charge in [-0.2, -0.15) is 0 Å². The van der Waals surface area contributed by atoms with Gasteiger partial charge in [-0.3, -0.25) is 0 Å². The molecule has 1 rings (SSSR count). The van der Waals surface area contributed by atoms with Crippen LogP contribution in [0.25, 0.3) is 0 Å². The molecule has 0 aliphatic heterocycles. The first kappa shape index (κ1) is 12.3. The largest absolute Gasteiger partial charge is 0.337 e. The van der Waals surface area contributed by atoms with E-state index < -0.39 is 0 Å². The van der Waals surface area contributed by atoms with Gasteiger partial charge in [0.1, 0.15) is 0 Å². The van der Waals surface area contributed by atoms with E-state index in [4.69, 9.17) is 0 Å². The summed E-state index contributed by atoms with van der Waals surface area (Å²) in [5, 5.41) is 9.09. The van der Waals surface area contributed by atoms with Gasteiger partial charge in [-0.25, -0.2) is 4.79 Å². The number of hydrogen-bond acceptors (Lipinski definition) is 2. The summed E-state index contributed by atoms with van der Waals surface area (Å²) >= 11 is 0. The standard InChI is InChI=1S/C11H23N3O/c1-9(2)12-7-8-13-11(15)14-10-5-3-4-6-10/h9-10,12H,3-8H2,1-2H3,(H2,13,14,15). The smallest absolute Gasteiger partial charge is 0.315 e. The molecule has 1 aliphatic rings. The van der Waals surface area contributed by atoms with Gasteiger partial charge in [-0.15, -0.1) is 0 Å². The molecule has 0 aromatic carbocycles. The Hall–Kier alpha value is -0.770. The van der Waals surface area contributed by atoms with E-state index in [1.807, 2.05) is 0 Å². The van der Waals surface area contributed by atoms with E-state index in [-0.39, 0.29) is 6.03 Å². The third-order valence-corrected chi connectivity index (χ3v) is 2.65. The number of carbonyl (C=O) groups excluding carboxylic acids is 1. The second-order valence-electron chi connectivity index (χ2n) is 4.49. The lowest BCUT2D eigenvalue weighted by Gasteiger charge is -2.13. The van der Waals surface area contributed by atoms with E-state index in [1.165, 1.54) is 12.8 Å². The summed E-state index contributed by atoms with van der Waals surface area (Å²) in [6, 6.07) is 0.861. The molecule has 0 unspecified atom stereocenters. The molecule has 0 aromatic heterocycles. The molecule has 0 spiro atoms. The van der Waals surface area contributed by atoms with E-state index >= 15 is 0 Å². The summed E-state index contributed by atoms with van der Waals surface area (Å²) in [5.41, 5.74) is 0. The Morgan fingerprint density at radius 2 is 1.93 bits per heavy atom. The van der Waals surface area contributed by atoms with Crippen molar-refractivity contribution in [2.24, 2.45) is 0 Å². The number of rotatable bonds is 5. The highest BCUT2D eigenvalue weighted by molar-refractivity contribution is 5.74. The summed E-state index contributed by atoms with van der Waals surface area (Å²) < 4.78 is 0. The molecular formula is C11H23N3O. The zero-order valence-corrected chi connectivity index (χ0v) is 9.81. The molecule has 1 saturated carbocycles. The van der Waals surface area contributed by atoms with Crippen LogP contribution in [0.2, 0.25) is 0 Å². The van der Waals surface area contributed by atoms with Crippen molar-refractivity contribution >= 4 is 6.03 Å². The monoisotopic (exact) mass is 213 g/mol. The third-order valence-electron chi connectivity index (χ3n) is 2.65. The lowest BCUT2D eigenvalue weighted by molar-refractivity contribution is 0.237. The quantitative estimate of drug-likeness (QED) is 0.602.